The molecule has 2 aromatic rings. The number of carbonyl (C=O) groups excluding carboxylic acids is 2. The van der Waals surface area contributed by atoms with Gasteiger partial charge in [-0.25, -0.2) is 10.1 Å². The van der Waals surface area contributed by atoms with Crippen molar-refractivity contribution >= 4 is 22.0 Å². The third-order valence-corrected chi connectivity index (χ3v) is 5.91. The normalized spacial score (nSPS) is 16.8. The Kier molecular flexibility index (Phi) is 5.71. The number of aromatic nitrogens is 1. The fraction of sp³-hybridized carbons (Fsp3) is 0.316. The zero-order valence-corrected chi connectivity index (χ0v) is 15.0. The first-order valence-electron chi connectivity index (χ1n) is 8.31. The molecule has 3 rings (SSSR count). The highest BCUT2D eigenvalue weighted by Gasteiger charge is 2.40. The van der Waals surface area contributed by atoms with E-state index in [1.165, 1.54) is 5.56 Å². The number of imide groups is 1. The van der Waals surface area contributed by atoms with Gasteiger partial charge >= 0.3 is 5.24 Å². The Labute approximate surface area is 150 Å². The summed E-state index contributed by atoms with van der Waals surface area (Å²) in [5.41, 5.74) is 3.29. The third kappa shape index (κ3) is 4.82. The number of pyridine rings is 1. The van der Waals surface area contributed by atoms with Crippen molar-refractivity contribution < 1.29 is 14.3 Å². The second-order valence-corrected chi connectivity index (χ2v) is 7.80. The van der Waals surface area contributed by atoms with E-state index in [2.05, 4.69) is 23.3 Å². The molecule has 0 bridgehead atoms. The standard InChI is InChI=1S/C19H20N2O3S/c1-2-14-3-6-16(20-11-14)9-10-24-17-7-4-15(5-8-17)12-25-13-18(22)21-19(25)23/h3-8,11H,2,9-10,12-13H2,1H3/p+1. The largest absolute Gasteiger partial charge is 0.493 e. The average Bonchev–Trinajstić information content (AvgIpc) is 2.94. The molecule has 25 heavy (non-hydrogen) atoms. The second-order valence-electron chi connectivity index (χ2n) is 5.87. The number of hydrogen-bond donors (Lipinski definition) is 1. The van der Waals surface area contributed by atoms with Crippen molar-refractivity contribution in [2.24, 2.45) is 0 Å². The van der Waals surface area contributed by atoms with Crippen LogP contribution in [0.3, 0.4) is 0 Å². The number of amides is 2. The van der Waals surface area contributed by atoms with Crippen molar-refractivity contribution in [2.45, 2.75) is 25.5 Å². The maximum Gasteiger partial charge on any atom is 0.436 e. The highest BCUT2D eigenvalue weighted by molar-refractivity contribution is 8.11. The minimum absolute atomic E-state index is 0.146. The number of carbonyl (C=O) groups is 2. The zero-order chi connectivity index (χ0) is 17.6. The predicted octanol–water partition coefficient (Wildman–Crippen LogP) is 2.63. The fourth-order valence-electron chi connectivity index (χ4n) is 2.53. The monoisotopic (exact) mass is 357 g/mol. The van der Waals surface area contributed by atoms with E-state index in [0.29, 0.717) is 18.1 Å². The Hall–Kier alpha value is -2.34. The summed E-state index contributed by atoms with van der Waals surface area (Å²) in [6.07, 6.45) is 3.67. The summed E-state index contributed by atoms with van der Waals surface area (Å²) in [5.74, 6) is 1.53. The number of rotatable bonds is 7. The quantitative estimate of drug-likeness (QED) is 0.774. The van der Waals surface area contributed by atoms with Gasteiger partial charge in [0.25, 0.3) is 5.91 Å². The van der Waals surface area contributed by atoms with Crippen LogP contribution in [0.5, 0.6) is 5.75 Å². The van der Waals surface area contributed by atoms with Crippen molar-refractivity contribution in [3.8, 4) is 5.75 Å². The Morgan fingerprint density at radius 2 is 1.88 bits per heavy atom. The molecule has 5 nitrogen and oxygen atoms in total. The van der Waals surface area contributed by atoms with E-state index in [1.807, 2.05) is 36.5 Å². The first kappa shape index (κ1) is 17.5. The molecule has 1 fully saturated rings. The van der Waals surface area contributed by atoms with Gasteiger partial charge in [0, 0.05) is 23.9 Å². The Bertz CT molecular complexity index is 744. The van der Waals surface area contributed by atoms with Gasteiger partial charge in [0.15, 0.2) is 5.75 Å². The molecule has 130 valence electrons. The molecule has 1 aliphatic rings. The van der Waals surface area contributed by atoms with Crippen LogP contribution in [-0.2, 0) is 34.3 Å². The molecule has 6 heteroatoms. The average molecular weight is 357 g/mol. The van der Waals surface area contributed by atoms with E-state index < -0.39 is 10.9 Å². The van der Waals surface area contributed by atoms with Gasteiger partial charge in [-0.15, -0.1) is 0 Å². The molecular weight excluding hydrogens is 336 g/mol. The Balaban J connectivity index is 1.47. The van der Waals surface area contributed by atoms with Gasteiger partial charge in [-0.1, -0.05) is 25.1 Å². The molecule has 1 atom stereocenters. The molecule has 1 aromatic carbocycles. The molecule has 1 saturated heterocycles. The Morgan fingerprint density at radius 1 is 1.12 bits per heavy atom. The lowest BCUT2D eigenvalue weighted by Gasteiger charge is -2.07. The number of hydrogen-bond acceptors (Lipinski definition) is 4. The van der Waals surface area contributed by atoms with E-state index in [-0.39, 0.29) is 11.1 Å². The van der Waals surface area contributed by atoms with Gasteiger partial charge in [-0.3, -0.25) is 9.78 Å². The molecule has 0 saturated carbocycles. The van der Waals surface area contributed by atoms with Crippen molar-refractivity contribution in [1.29, 1.82) is 0 Å². The summed E-state index contributed by atoms with van der Waals surface area (Å²) in [6.45, 7) is 2.68. The lowest BCUT2D eigenvalue weighted by molar-refractivity contribution is -0.117. The predicted molar refractivity (Wildman–Crippen MR) is 98.7 cm³/mol. The molecule has 1 unspecified atom stereocenters. The van der Waals surface area contributed by atoms with Crippen molar-refractivity contribution in [3.63, 3.8) is 0 Å². The SMILES string of the molecule is CCc1ccc(CCOc2ccc(C[S+]3CC(=O)NC3=O)cc2)nc1. The lowest BCUT2D eigenvalue weighted by Crippen LogP contribution is -2.21. The molecule has 1 aliphatic heterocycles. The number of aryl methyl sites for hydroxylation is 1. The molecule has 0 spiro atoms. The molecular formula is C19H21N2O3S+. The molecule has 0 radical (unpaired) electrons. The van der Waals surface area contributed by atoms with Crippen LogP contribution >= 0.6 is 0 Å². The molecule has 1 aromatic heterocycles. The van der Waals surface area contributed by atoms with Gasteiger partial charge in [0.05, 0.1) is 17.5 Å². The first-order valence-corrected chi connectivity index (χ1v) is 9.87. The van der Waals surface area contributed by atoms with E-state index >= 15 is 0 Å². The van der Waals surface area contributed by atoms with E-state index in [9.17, 15) is 9.59 Å². The second kappa shape index (κ2) is 8.16. The maximum absolute atomic E-state index is 11.6. The number of benzene rings is 1. The highest BCUT2D eigenvalue weighted by atomic mass is 32.2. The number of nitrogens with one attached hydrogen (secondary N) is 1. The van der Waals surface area contributed by atoms with E-state index in [1.54, 1.807) is 0 Å². The van der Waals surface area contributed by atoms with Crippen LogP contribution in [0.4, 0.5) is 4.79 Å². The van der Waals surface area contributed by atoms with Crippen LogP contribution in [0, 0.1) is 0 Å². The van der Waals surface area contributed by atoms with Crippen LogP contribution < -0.4 is 10.1 Å². The summed E-state index contributed by atoms with van der Waals surface area (Å²) in [7, 11) is -0.542. The highest BCUT2D eigenvalue weighted by Crippen LogP contribution is 2.18. The van der Waals surface area contributed by atoms with Crippen LogP contribution in [0.2, 0.25) is 0 Å². The molecule has 0 aliphatic carbocycles. The molecule has 1 N–H and O–H groups in total. The summed E-state index contributed by atoms with van der Waals surface area (Å²) in [6, 6.07) is 11.9. The smallest absolute Gasteiger partial charge is 0.436 e. The van der Waals surface area contributed by atoms with Crippen LogP contribution in [0.25, 0.3) is 0 Å². The summed E-state index contributed by atoms with van der Waals surface area (Å²) in [5, 5.41) is 2.21. The number of ether oxygens (including phenoxy) is 1. The Morgan fingerprint density at radius 3 is 2.48 bits per heavy atom. The summed E-state index contributed by atoms with van der Waals surface area (Å²) >= 11 is 0. The lowest BCUT2D eigenvalue weighted by atomic mass is 10.2. The number of nitrogens with zero attached hydrogens (tertiary/aromatic N) is 1. The van der Waals surface area contributed by atoms with Crippen molar-refractivity contribution in [2.75, 3.05) is 12.4 Å². The van der Waals surface area contributed by atoms with Gasteiger partial charge in [-0.2, -0.15) is 0 Å². The zero-order valence-electron chi connectivity index (χ0n) is 14.2. The topological polar surface area (TPSA) is 68.3 Å². The van der Waals surface area contributed by atoms with Gasteiger partial charge < -0.3 is 4.74 Å². The minimum Gasteiger partial charge on any atom is -0.493 e. The minimum atomic E-state index is -0.542. The van der Waals surface area contributed by atoms with Gasteiger partial charge in [0.2, 0.25) is 0 Å². The first-order chi connectivity index (χ1) is 12.1. The van der Waals surface area contributed by atoms with Crippen LogP contribution in [-0.4, -0.2) is 28.5 Å². The fourth-order valence-corrected chi connectivity index (χ4v) is 4.14. The van der Waals surface area contributed by atoms with E-state index in [4.69, 9.17) is 4.74 Å². The summed E-state index contributed by atoms with van der Waals surface area (Å²) < 4.78 is 5.76. The maximum atomic E-state index is 11.6. The van der Waals surface area contributed by atoms with Crippen LogP contribution in [0.15, 0.2) is 42.6 Å². The molecule has 2 heterocycles. The third-order valence-electron chi connectivity index (χ3n) is 3.99. The van der Waals surface area contributed by atoms with Crippen LogP contribution in [0.1, 0.15) is 23.7 Å². The van der Waals surface area contributed by atoms with Gasteiger partial charge in [-0.05, 0) is 30.2 Å². The summed E-state index contributed by atoms with van der Waals surface area (Å²) in [4.78, 5) is 27.3. The van der Waals surface area contributed by atoms with Gasteiger partial charge in [0.1, 0.15) is 11.5 Å². The van der Waals surface area contributed by atoms with Crippen molar-refractivity contribution in [3.05, 3.63) is 59.4 Å². The van der Waals surface area contributed by atoms with E-state index in [0.717, 1.165) is 29.8 Å². The van der Waals surface area contributed by atoms with Crippen molar-refractivity contribution in [1.82, 2.24) is 10.3 Å². The molecule has 2 amide bonds.